The Balaban J connectivity index is 1.26. The maximum atomic E-state index is 17.0. The Kier molecular flexibility index (Phi) is 11.4. The molecular weight excluding hydrogens is 909 g/mol. The molecule has 0 heterocycles. The van der Waals surface area contributed by atoms with Gasteiger partial charge in [-0.3, -0.25) is 0 Å². The molecule has 0 bridgehead atoms. The SMILES string of the molecule is [C-]#[N+]c1ccc(-c2cc(F)cc(F)c2N(c2ccc([Si](C)(C)C)cc2)c2ccc3ccc4c(N(c5ccc([Si](C)(C)C)cc5)c5c(F)cc(F)cc5-c5ccc(C#N)cc5)ccc5ccc2c3c54)cc1. The minimum absolute atomic E-state index is 0.138. The summed E-state index contributed by atoms with van der Waals surface area (Å²) < 4.78 is 65.0. The molecule has 0 atom stereocenters. The molecule has 0 saturated carbocycles. The second-order valence-corrected chi connectivity index (χ2v) is 29.9. The molecule has 0 N–H and O–H groups in total. The third-order valence-electron chi connectivity index (χ3n) is 13.2. The van der Waals surface area contributed by atoms with Gasteiger partial charge >= 0.3 is 0 Å². The number of halogens is 4. The number of benzene rings is 10. The van der Waals surface area contributed by atoms with E-state index in [1.54, 1.807) is 48.5 Å². The number of hydrogen-bond acceptors (Lipinski definition) is 3. The van der Waals surface area contributed by atoms with Crippen LogP contribution >= 0.6 is 0 Å². The molecular formula is C60H46F4N4Si2. The van der Waals surface area contributed by atoms with Crippen molar-refractivity contribution in [3.05, 3.63) is 210 Å². The molecule has 0 aromatic heterocycles. The first-order chi connectivity index (χ1) is 33.5. The molecule has 4 nitrogen and oxygen atoms in total. The van der Waals surface area contributed by atoms with Crippen molar-refractivity contribution in [3.63, 3.8) is 0 Å². The van der Waals surface area contributed by atoms with E-state index in [2.05, 4.69) is 74.5 Å². The zero-order valence-electron chi connectivity index (χ0n) is 39.5. The Morgan fingerprint density at radius 2 is 0.857 bits per heavy atom. The third kappa shape index (κ3) is 8.15. The monoisotopic (exact) mass is 954 g/mol. The highest BCUT2D eigenvalue weighted by molar-refractivity contribution is 6.89. The summed E-state index contributed by atoms with van der Waals surface area (Å²) in [6, 6.07) is 52.4. The average Bonchev–Trinajstić information content (AvgIpc) is 3.34. The summed E-state index contributed by atoms with van der Waals surface area (Å²) in [5.74, 6) is -3.00. The van der Waals surface area contributed by atoms with Crippen LogP contribution < -0.4 is 20.2 Å². The summed E-state index contributed by atoms with van der Waals surface area (Å²) in [6.07, 6.45) is 0. The van der Waals surface area contributed by atoms with Crippen LogP contribution in [0.5, 0.6) is 0 Å². The second kappa shape index (κ2) is 17.5. The van der Waals surface area contributed by atoms with Gasteiger partial charge in [-0.15, -0.1) is 0 Å². The minimum atomic E-state index is -1.76. The van der Waals surface area contributed by atoms with Gasteiger partial charge in [-0.2, -0.15) is 5.26 Å². The van der Waals surface area contributed by atoms with Gasteiger partial charge in [0.2, 0.25) is 0 Å². The molecule has 342 valence electrons. The topological polar surface area (TPSA) is 34.6 Å². The smallest absolute Gasteiger partial charge is 0.187 e. The third-order valence-corrected chi connectivity index (χ3v) is 17.4. The van der Waals surface area contributed by atoms with Crippen LogP contribution in [-0.4, -0.2) is 16.1 Å². The van der Waals surface area contributed by atoms with Crippen LogP contribution in [0.1, 0.15) is 5.56 Å². The fourth-order valence-electron chi connectivity index (χ4n) is 9.62. The molecule has 0 fully saturated rings. The van der Waals surface area contributed by atoms with Crippen molar-refractivity contribution in [3.8, 4) is 28.3 Å². The van der Waals surface area contributed by atoms with Crippen LogP contribution in [0.4, 0.5) is 57.4 Å². The van der Waals surface area contributed by atoms with Gasteiger partial charge in [0.05, 0.1) is 57.1 Å². The van der Waals surface area contributed by atoms with Crippen molar-refractivity contribution >= 4 is 98.7 Å². The molecule has 10 rings (SSSR count). The van der Waals surface area contributed by atoms with Gasteiger partial charge in [0.15, 0.2) is 17.3 Å². The van der Waals surface area contributed by atoms with Gasteiger partial charge in [0.25, 0.3) is 0 Å². The van der Waals surface area contributed by atoms with Crippen molar-refractivity contribution < 1.29 is 17.6 Å². The van der Waals surface area contributed by atoms with Gasteiger partial charge in [0, 0.05) is 45.4 Å². The molecule has 0 radical (unpaired) electrons. The quantitative estimate of drug-likeness (QED) is 0.0593. The maximum absolute atomic E-state index is 17.0. The molecule has 10 aromatic carbocycles. The van der Waals surface area contributed by atoms with Gasteiger partial charge in [0.1, 0.15) is 11.6 Å². The molecule has 10 aromatic rings. The second-order valence-electron chi connectivity index (χ2n) is 19.8. The Hall–Kier alpha value is -8.03. The lowest BCUT2D eigenvalue weighted by Gasteiger charge is -2.32. The largest absolute Gasteiger partial charge is 0.307 e. The summed E-state index contributed by atoms with van der Waals surface area (Å²) in [7, 11) is -3.52. The highest BCUT2D eigenvalue weighted by atomic mass is 28.3. The van der Waals surface area contributed by atoms with Crippen LogP contribution in [0.3, 0.4) is 0 Å². The summed E-state index contributed by atoms with van der Waals surface area (Å²) in [5, 5.41) is 17.2. The fraction of sp³-hybridized carbons (Fsp3) is 0.100. The normalized spacial score (nSPS) is 11.8. The summed E-state index contributed by atoms with van der Waals surface area (Å²) in [6.45, 7) is 21.1. The summed E-state index contributed by atoms with van der Waals surface area (Å²) >= 11 is 0. The van der Waals surface area contributed by atoms with E-state index < -0.39 is 39.4 Å². The Labute approximate surface area is 407 Å². The first-order valence-electron chi connectivity index (χ1n) is 23.0. The first kappa shape index (κ1) is 45.7. The molecule has 0 aliphatic carbocycles. The first-order valence-corrected chi connectivity index (χ1v) is 30.0. The van der Waals surface area contributed by atoms with E-state index in [9.17, 15) is 5.26 Å². The van der Waals surface area contributed by atoms with Crippen molar-refractivity contribution in [2.24, 2.45) is 0 Å². The van der Waals surface area contributed by atoms with Gasteiger partial charge < -0.3 is 9.80 Å². The molecule has 0 spiro atoms. The lowest BCUT2D eigenvalue weighted by Crippen LogP contribution is -2.37. The summed E-state index contributed by atoms with van der Waals surface area (Å²) in [4.78, 5) is 7.26. The van der Waals surface area contributed by atoms with E-state index in [1.807, 2.05) is 82.6 Å². The Morgan fingerprint density at radius 1 is 0.471 bits per heavy atom. The van der Waals surface area contributed by atoms with E-state index >= 15 is 17.6 Å². The summed E-state index contributed by atoms with van der Waals surface area (Å²) in [5.41, 5.74) is 5.41. The number of anilines is 6. The van der Waals surface area contributed by atoms with Gasteiger partial charge in [-0.25, -0.2) is 22.4 Å². The molecule has 0 aliphatic heterocycles. The fourth-order valence-corrected chi connectivity index (χ4v) is 12.0. The van der Waals surface area contributed by atoms with Crippen molar-refractivity contribution in [1.82, 2.24) is 0 Å². The van der Waals surface area contributed by atoms with Crippen molar-refractivity contribution in [2.75, 3.05) is 9.80 Å². The van der Waals surface area contributed by atoms with Gasteiger partial charge in [-0.1, -0.05) is 147 Å². The predicted molar refractivity (Wildman–Crippen MR) is 287 cm³/mol. The van der Waals surface area contributed by atoms with Gasteiger partial charge in [-0.05, 0) is 93.3 Å². The van der Waals surface area contributed by atoms with Crippen LogP contribution in [0, 0.1) is 41.2 Å². The van der Waals surface area contributed by atoms with Crippen LogP contribution in [0.2, 0.25) is 39.3 Å². The standard InChI is InChI=1S/C60H46F4N4Si2/c1-66-44-18-12-39(13-19-44)52-33-43(62)35-54(64)60(52)68(46-22-26-48(27-23-46)70(5,6)7)56-31-17-41-14-28-49-55(30-16-40-15-29-50(56)58(41)57(40)49)67(45-20-24-47(25-21-45)69(2,3)4)59-51(32-42(61)34-53(59)63)38-10-8-37(36-65)9-11-38/h8-35H,2-7H3. The highest BCUT2D eigenvalue weighted by Crippen LogP contribution is 2.51. The minimum Gasteiger partial charge on any atom is -0.307 e. The zero-order chi connectivity index (χ0) is 49.2. The predicted octanol–water partition coefficient (Wildman–Crippen LogP) is 16.9. The zero-order valence-corrected chi connectivity index (χ0v) is 41.5. The molecule has 70 heavy (non-hydrogen) atoms. The van der Waals surface area contributed by atoms with E-state index in [1.165, 1.54) is 22.5 Å². The number of rotatable bonds is 10. The van der Waals surface area contributed by atoms with E-state index in [0.717, 1.165) is 44.5 Å². The van der Waals surface area contributed by atoms with Crippen LogP contribution in [0.15, 0.2) is 170 Å². The molecule has 0 unspecified atom stereocenters. The lowest BCUT2D eigenvalue weighted by atomic mass is 9.91. The highest BCUT2D eigenvalue weighted by Gasteiger charge is 2.29. The lowest BCUT2D eigenvalue weighted by molar-refractivity contribution is 0.584. The number of nitrogens with zero attached hydrogens (tertiary/aromatic N) is 4. The molecule has 0 amide bonds. The molecule has 0 saturated heterocycles. The van der Waals surface area contributed by atoms with E-state index in [4.69, 9.17) is 6.57 Å². The average molecular weight is 955 g/mol. The Bertz CT molecular complexity index is 3490. The van der Waals surface area contributed by atoms with Crippen molar-refractivity contribution in [2.45, 2.75) is 39.3 Å². The van der Waals surface area contributed by atoms with Crippen LogP contribution in [-0.2, 0) is 0 Å². The Morgan fingerprint density at radius 3 is 1.23 bits per heavy atom. The maximum Gasteiger partial charge on any atom is 0.187 e. The van der Waals surface area contributed by atoms with E-state index in [0.29, 0.717) is 56.3 Å². The molecule has 0 aliphatic rings. The van der Waals surface area contributed by atoms with E-state index in [-0.39, 0.29) is 11.4 Å². The number of hydrogen-bond donors (Lipinski definition) is 0. The number of nitriles is 1. The van der Waals surface area contributed by atoms with Crippen molar-refractivity contribution in [1.29, 1.82) is 5.26 Å². The van der Waals surface area contributed by atoms with Crippen LogP contribution in [0.25, 0.3) is 59.4 Å². The molecule has 10 heteroatoms.